The van der Waals surface area contributed by atoms with E-state index in [-0.39, 0.29) is 103 Å². The maximum atomic E-state index is 9.48. The monoisotopic (exact) mass is 182 g/mol. The van der Waals surface area contributed by atoms with Crippen molar-refractivity contribution in [2.24, 2.45) is 0 Å². The smallest absolute Gasteiger partial charge is 0.784 e. The van der Waals surface area contributed by atoms with Gasteiger partial charge in [-0.05, 0) is 0 Å². The van der Waals surface area contributed by atoms with Gasteiger partial charge in [0.2, 0.25) is 0 Å². The summed E-state index contributed by atoms with van der Waals surface area (Å²) in [5.74, 6) is -1.18. The second-order valence-electron chi connectivity index (χ2n) is 0.961. The van der Waals surface area contributed by atoms with Crippen molar-refractivity contribution in [3.05, 3.63) is 0 Å². The van der Waals surface area contributed by atoms with Crippen LogP contribution in [0.2, 0.25) is 0 Å². The molecule has 0 N–H and O–H groups in total. The molecular weight excluding hydrogens is 178 g/mol. The van der Waals surface area contributed by atoms with E-state index < -0.39 is 11.2 Å². The van der Waals surface area contributed by atoms with E-state index in [1.54, 1.807) is 0 Å². The van der Waals surface area contributed by atoms with Crippen LogP contribution in [0.1, 0.15) is 6.92 Å². The van der Waals surface area contributed by atoms with Gasteiger partial charge < -0.3 is 22.5 Å². The minimum absolute atomic E-state index is 0. The Morgan fingerprint density at radius 3 is 1.75 bits per heavy atom. The van der Waals surface area contributed by atoms with Crippen LogP contribution in [-0.4, -0.2) is 11.2 Å². The van der Waals surface area contributed by atoms with E-state index in [4.69, 9.17) is 0 Å². The van der Waals surface area contributed by atoms with Crippen LogP contribution in [-0.2, 0) is 17.4 Å². The van der Waals surface area contributed by atoms with Crippen molar-refractivity contribution in [2.45, 2.75) is 12.2 Å². The van der Waals surface area contributed by atoms with E-state index in [1.807, 2.05) is 0 Å². The zero-order valence-corrected chi connectivity index (χ0v) is 12.4. The number of carbonyl (C=O) groups is 1. The molecule has 0 fully saturated rings. The minimum Gasteiger partial charge on any atom is -0.784 e. The van der Waals surface area contributed by atoms with Crippen LogP contribution in [0.4, 0.5) is 0 Å². The third-order valence-electron chi connectivity index (χ3n) is 0.332. The largest absolute Gasteiger partial charge is 1.00 e. The van der Waals surface area contributed by atoms with Crippen LogP contribution in [0, 0.1) is 0 Å². The first-order chi connectivity index (χ1) is 2.64. The minimum atomic E-state index is -1.18. The molecule has 0 bridgehead atoms. The Labute approximate surface area is 139 Å². The summed E-state index contributed by atoms with van der Waals surface area (Å²) in [5, 5.41) is 8.72. The molecule has 0 radical (unpaired) electrons. The molecule has 36 valence electrons. The molecule has 0 saturated carbocycles. The van der Waals surface area contributed by atoms with Crippen LogP contribution in [0.15, 0.2) is 0 Å². The van der Waals surface area contributed by atoms with Gasteiger partial charge in [0.25, 0.3) is 0 Å². The van der Waals surface area contributed by atoms with Gasteiger partial charge in [-0.1, -0.05) is 6.92 Å². The average Bonchev–Trinajstić information content (AvgIpc) is 1.36. The van der Waals surface area contributed by atoms with Crippen LogP contribution >= 0.6 is 0 Å². The SMILES string of the molecule is CC([S-])C(=O)[O-].[K+].[K+]. The Morgan fingerprint density at radius 2 is 1.75 bits per heavy atom. The van der Waals surface area contributed by atoms with Gasteiger partial charge in [-0.25, -0.2) is 0 Å². The predicted molar refractivity (Wildman–Crippen MR) is 21.8 cm³/mol. The van der Waals surface area contributed by atoms with Crippen molar-refractivity contribution < 1.29 is 113 Å². The number of aliphatic carboxylic acids is 1. The second kappa shape index (κ2) is 10.1. The molecule has 1 atom stereocenters. The van der Waals surface area contributed by atoms with Gasteiger partial charge in [-0.2, -0.15) is 0 Å². The van der Waals surface area contributed by atoms with Crippen LogP contribution in [0.25, 0.3) is 0 Å². The fourth-order valence-corrected chi connectivity index (χ4v) is 0. The zero-order valence-electron chi connectivity index (χ0n) is 5.30. The summed E-state index contributed by atoms with van der Waals surface area (Å²) in [5.41, 5.74) is 0. The molecule has 1 unspecified atom stereocenters. The van der Waals surface area contributed by atoms with Gasteiger partial charge in [0.15, 0.2) is 0 Å². The van der Waals surface area contributed by atoms with Gasteiger partial charge in [0.1, 0.15) is 0 Å². The van der Waals surface area contributed by atoms with Gasteiger partial charge in [-0.15, -0.1) is 5.25 Å². The summed E-state index contributed by atoms with van der Waals surface area (Å²) in [4.78, 5) is 9.48. The third kappa shape index (κ3) is 11.8. The fourth-order valence-electron chi connectivity index (χ4n) is 0. The first kappa shape index (κ1) is 17.3. The average molecular weight is 182 g/mol. The normalized spacial score (nSPS) is 10.2. The second-order valence-corrected chi connectivity index (χ2v) is 1.67. The molecule has 0 spiro atoms. The molecule has 0 rings (SSSR count). The van der Waals surface area contributed by atoms with Gasteiger partial charge in [0, 0.05) is 5.97 Å². The molecular formula is C3H4K2O2S. The van der Waals surface area contributed by atoms with Crippen LogP contribution in [0.5, 0.6) is 0 Å². The number of carboxylic acids is 1. The van der Waals surface area contributed by atoms with Crippen molar-refractivity contribution in [3.63, 3.8) is 0 Å². The predicted octanol–water partition coefficient (Wildman–Crippen LogP) is -7.32. The summed E-state index contributed by atoms with van der Waals surface area (Å²) in [6.45, 7) is 1.39. The first-order valence-electron chi connectivity index (χ1n) is 1.51. The van der Waals surface area contributed by atoms with Crippen LogP contribution in [0.3, 0.4) is 0 Å². The molecule has 0 amide bonds. The topological polar surface area (TPSA) is 40.1 Å². The molecule has 5 heteroatoms. The van der Waals surface area contributed by atoms with E-state index >= 15 is 0 Å². The van der Waals surface area contributed by atoms with Crippen molar-refractivity contribution in [2.75, 3.05) is 0 Å². The molecule has 0 aliphatic rings. The molecule has 0 aromatic carbocycles. The number of hydrogen-bond acceptors (Lipinski definition) is 3. The Morgan fingerprint density at radius 1 is 1.62 bits per heavy atom. The summed E-state index contributed by atoms with van der Waals surface area (Å²) in [6, 6.07) is 0. The van der Waals surface area contributed by atoms with E-state index in [0.717, 1.165) is 0 Å². The molecule has 0 saturated heterocycles. The van der Waals surface area contributed by atoms with E-state index in [1.165, 1.54) is 6.92 Å². The molecule has 0 aromatic rings. The van der Waals surface area contributed by atoms with Gasteiger partial charge >= 0.3 is 103 Å². The van der Waals surface area contributed by atoms with E-state index in [9.17, 15) is 9.90 Å². The maximum Gasteiger partial charge on any atom is 1.00 e. The van der Waals surface area contributed by atoms with Crippen molar-refractivity contribution in [1.82, 2.24) is 0 Å². The van der Waals surface area contributed by atoms with E-state index in [2.05, 4.69) is 12.6 Å². The zero-order chi connectivity index (χ0) is 5.15. The Bertz CT molecular complexity index is 66.3. The summed E-state index contributed by atoms with van der Waals surface area (Å²) in [7, 11) is 0. The number of carboxylic acid groups (broad SMARTS) is 1. The number of carbonyl (C=O) groups excluding carboxylic acids is 1. The third-order valence-corrected chi connectivity index (χ3v) is 0.524. The molecule has 2 nitrogen and oxygen atoms in total. The molecule has 0 aromatic heterocycles. The Hall–Kier alpha value is 3.09. The molecule has 8 heavy (non-hydrogen) atoms. The summed E-state index contributed by atoms with van der Waals surface area (Å²) >= 11 is 4.24. The standard InChI is InChI=1S/C3H6O2S.2K/c1-2(6)3(4)5;;/h2,6H,1H3,(H,4,5);;/q;2*+1/p-2. The van der Waals surface area contributed by atoms with Crippen molar-refractivity contribution in [3.8, 4) is 0 Å². The summed E-state index contributed by atoms with van der Waals surface area (Å²) < 4.78 is 0. The number of hydrogen-bond donors (Lipinski definition) is 0. The summed E-state index contributed by atoms with van der Waals surface area (Å²) in [6.07, 6.45) is 0. The molecule has 0 aliphatic heterocycles. The van der Waals surface area contributed by atoms with Crippen molar-refractivity contribution >= 4 is 18.6 Å². The number of rotatable bonds is 1. The van der Waals surface area contributed by atoms with Gasteiger partial charge in [0.05, 0.1) is 0 Å². The Kier molecular flexibility index (Phi) is 21.8. The van der Waals surface area contributed by atoms with Crippen molar-refractivity contribution in [1.29, 1.82) is 0 Å². The maximum absolute atomic E-state index is 9.48. The van der Waals surface area contributed by atoms with Crippen LogP contribution < -0.4 is 108 Å². The first-order valence-corrected chi connectivity index (χ1v) is 1.98. The quantitative estimate of drug-likeness (QED) is 0.299. The fraction of sp³-hybridized carbons (Fsp3) is 0.667. The van der Waals surface area contributed by atoms with E-state index in [0.29, 0.717) is 0 Å². The van der Waals surface area contributed by atoms with Gasteiger partial charge in [-0.3, -0.25) is 0 Å². The Balaban J connectivity index is -0.000000125. The molecule has 0 heterocycles. The molecule has 0 aliphatic carbocycles.